The van der Waals surface area contributed by atoms with Gasteiger partial charge in [-0.25, -0.2) is 0 Å². The molecule has 0 atom stereocenters. The zero-order valence-electron chi connectivity index (χ0n) is 12.7. The van der Waals surface area contributed by atoms with Crippen molar-refractivity contribution in [2.45, 2.75) is 19.8 Å². The first-order valence-electron chi connectivity index (χ1n) is 6.50. The molecule has 0 aromatic heterocycles. The van der Waals surface area contributed by atoms with Gasteiger partial charge in [0.1, 0.15) is 5.75 Å². The van der Waals surface area contributed by atoms with E-state index >= 15 is 0 Å². The fourth-order valence-electron chi connectivity index (χ4n) is 1.47. The summed E-state index contributed by atoms with van der Waals surface area (Å²) in [5, 5.41) is 15.4. The van der Waals surface area contributed by atoms with Crippen LogP contribution in [0.1, 0.15) is 19.8 Å². The molecular formula is C14H17N2NaO5. The van der Waals surface area contributed by atoms with Gasteiger partial charge in [-0.1, -0.05) is 0 Å². The Morgan fingerprint density at radius 1 is 1.09 bits per heavy atom. The van der Waals surface area contributed by atoms with E-state index in [2.05, 4.69) is 10.6 Å². The molecule has 1 rings (SSSR count). The summed E-state index contributed by atoms with van der Waals surface area (Å²) in [7, 11) is 0. The van der Waals surface area contributed by atoms with Gasteiger partial charge in [0.05, 0.1) is 0 Å². The van der Waals surface area contributed by atoms with Crippen LogP contribution < -0.4 is 50.0 Å². The summed E-state index contributed by atoms with van der Waals surface area (Å²) in [6.07, 6.45) is -0.461. The Bertz CT molecular complexity index is 504. The zero-order valence-corrected chi connectivity index (χ0v) is 14.7. The predicted molar refractivity (Wildman–Crippen MR) is 73.5 cm³/mol. The molecule has 0 aliphatic heterocycles. The molecule has 0 saturated heterocycles. The van der Waals surface area contributed by atoms with E-state index in [-0.39, 0.29) is 54.9 Å². The second-order valence-corrected chi connectivity index (χ2v) is 4.19. The number of nitrogens with one attached hydrogen (secondary N) is 2. The summed E-state index contributed by atoms with van der Waals surface area (Å²) in [6.45, 7) is 2.28. The maximum Gasteiger partial charge on any atom is 1.00 e. The summed E-state index contributed by atoms with van der Waals surface area (Å²) in [6, 6.07) is 6.41. The van der Waals surface area contributed by atoms with Crippen LogP contribution in [0.5, 0.6) is 5.75 Å². The van der Waals surface area contributed by atoms with Crippen molar-refractivity contribution in [3.05, 3.63) is 24.3 Å². The van der Waals surface area contributed by atoms with Crippen LogP contribution in [0.3, 0.4) is 0 Å². The molecule has 114 valence electrons. The number of rotatable bonds is 8. The van der Waals surface area contributed by atoms with Gasteiger partial charge in [0.25, 0.3) is 5.91 Å². The van der Waals surface area contributed by atoms with Crippen LogP contribution in [-0.2, 0) is 14.4 Å². The van der Waals surface area contributed by atoms with Crippen LogP contribution >= 0.6 is 0 Å². The van der Waals surface area contributed by atoms with Crippen molar-refractivity contribution in [3.63, 3.8) is 0 Å². The third kappa shape index (κ3) is 8.66. The van der Waals surface area contributed by atoms with E-state index in [9.17, 15) is 19.5 Å². The maximum absolute atomic E-state index is 11.4. The smallest absolute Gasteiger partial charge is 0.550 e. The predicted octanol–water partition coefficient (Wildman–Crippen LogP) is -3.33. The number of hydrogen-bond acceptors (Lipinski definition) is 5. The van der Waals surface area contributed by atoms with E-state index in [1.54, 1.807) is 24.3 Å². The minimum absolute atomic E-state index is 0. The molecule has 0 bridgehead atoms. The Kier molecular flexibility index (Phi) is 10.3. The molecule has 0 saturated carbocycles. The molecular weight excluding hydrogens is 299 g/mol. The van der Waals surface area contributed by atoms with Crippen molar-refractivity contribution in [1.29, 1.82) is 0 Å². The van der Waals surface area contributed by atoms with Gasteiger partial charge in [0.15, 0.2) is 6.61 Å². The molecule has 0 radical (unpaired) electrons. The molecule has 7 nitrogen and oxygen atoms in total. The summed E-state index contributed by atoms with van der Waals surface area (Å²) in [5.41, 5.74) is 0.517. The first-order chi connectivity index (χ1) is 10.0. The van der Waals surface area contributed by atoms with Gasteiger partial charge in [-0.2, -0.15) is 0 Å². The van der Waals surface area contributed by atoms with Crippen LogP contribution in [0.4, 0.5) is 5.69 Å². The molecule has 1 aromatic rings. The fourth-order valence-corrected chi connectivity index (χ4v) is 1.47. The topological polar surface area (TPSA) is 108 Å². The third-order valence-electron chi connectivity index (χ3n) is 2.44. The average Bonchev–Trinajstić information content (AvgIpc) is 2.45. The van der Waals surface area contributed by atoms with E-state index in [0.29, 0.717) is 18.0 Å². The van der Waals surface area contributed by atoms with E-state index in [0.717, 1.165) is 0 Å². The van der Waals surface area contributed by atoms with Crippen molar-refractivity contribution in [2.75, 3.05) is 18.5 Å². The minimum Gasteiger partial charge on any atom is -0.550 e. The normalized spacial score (nSPS) is 9.32. The number of hydrogen-bond donors (Lipinski definition) is 2. The molecule has 0 spiro atoms. The summed E-state index contributed by atoms with van der Waals surface area (Å²) in [5.74, 6) is -1.39. The number of ether oxygens (including phenoxy) is 1. The monoisotopic (exact) mass is 316 g/mol. The zero-order chi connectivity index (χ0) is 15.7. The fraction of sp³-hybridized carbons (Fsp3) is 0.357. The average molecular weight is 316 g/mol. The summed E-state index contributed by atoms with van der Waals surface area (Å²) in [4.78, 5) is 32.8. The molecule has 0 aliphatic carbocycles. The van der Waals surface area contributed by atoms with Crippen molar-refractivity contribution < 1.29 is 53.8 Å². The molecule has 2 amide bonds. The summed E-state index contributed by atoms with van der Waals surface area (Å²) >= 11 is 0. The van der Waals surface area contributed by atoms with Gasteiger partial charge in [0, 0.05) is 24.6 Å². The van der Waals surface area contributed by atoms with Gasteiger partial charge >= 0.3 is 29.6 Å². The first-order valence-corrected chi connectivity index (χ1v) is 6.50. The van der Waals surface area contributed by atoms with Crippen LogP contribution in [0.2, 0.25) is 0 Å². The van der Waals surface area contributed by atoms with Crippen molar-refractivity contribution in [1.82, 2.24) is 5.32 Å². The van der Waals surface area contributed by atoms with E-state index in [1.807, 2.05) is 6.92 Å². The van der Waals surface area contributed by atoms with Crippen LogP contribution in [0, 0.1) is 0 Å². The van der Waals surface area contributed by atoms with Gasteiger partial charge in [-0.05, 0) is 37.6 Å². The van der Waals surface area contributed by atoms with Gasteiger partial charge in [-0.15, -0.1) is 0 Å². The van der Waals surface area contributed by atoms with Crippen molar-refractivity contribution >= 4 is 23.5 Å². The number of amides is 2. The molecule has 1 aromatic carbocycles. The Morgan fingerprint density at radius 3 is 2.27 bits per heavy atom. The quantitative estimate of drug-likeness (QED) is 0.488. The number of carboxylic acids is 1. The Balaban J connectivity index is 0.00000441. The van der Waals surface area contributed by atoms with Crippen molar-refractivity contribution in [2.24, 2.45) is 0 Å². The summed E-state index contributed by atoms with van der Waals surface area (Å²) < 4.78 is 5.25. The Hall–Kier alpha value is -1.57. The number of carbonyl (C=O) groups is 3. The second-order valence-electron chi connectivity index (χ2n) is 4.19. The number of aliphatic carboxylic acids is 1. The molecule has 22 heavy (non-hydrogen) atoms. The Morgan fingerprint density at radius 2 is 1.73 bits per heavy atom. The molecule has 0 unspecified atom stereocenters. The Labute approximate surface area is 150 Å². The number of carbonyl (C=O) groups excluding carboxylic acids is 3. The number of likely N-dealkylation sites (N-methyl/N-ethyl adjacent to an activating group) is 1. The van der Waals surface area contributed by atoms with Crippen LogP contribution in [0.25, 0.3) is 0 Å². The molecule has 8 heteroatoms. The van der Waals surface area contributed by atoms with E-state index in [4.69, 9.17) is 4.74 Å². The third-order valence-corrected chi connectivity index (χ3v) is 2.44. The number of carboxylic acid groups (broad SMARTS) is 1. The van der Waals surface area contributed by atoms with Gasteiger partial charge in [0.2, 0.25) is 5.91 Å². The standard InChI is InChI=1S/C14H18N2O5.Na/c1-2-15-13(18)9-21-11-5-3-10(4-6-11)16-12(17)7-8-14(19)20;/h3-6H,2,7-9H2,1H3,(H,15,18)(H,16,17)(H,19,20);/q;+1/p-1. The molecule has 0 aliphatic rings. The molecule has 2 N–H and O–H groups in total. The largest absolute Gasteiger partial charge is 1.00 e. The minimum atomic E-state index is -1.26. The molecule has 0 fully saturated rings. The maximum atomic E-state index is 11.4. The molecule has 0 heterocycles. The van der Waals surface area contributed by atoms with E-state index < -0.39 is 11.9 Å². The second kappa shape index (κ2) is 11.1. The first kappa shape index (κ1) is 20.4. The van der Waals surface area contributed by atoms with E-state index in [1.165, 1.54) is 0 Å². The SMILES string of the molecule is CCNC(=O)COc1ccc(NC(=O)CCC(=O)[O-])cc1.[Na+]. The van der Waals surface area contributed by atoms with Crippen LogP contribution in [0.15, 0.2) is 24.3 Å². The van der Waals surface area contributed by atoms with Crippen molar-refractivity contribution in [3.8, 4) is 5.75 Å². The van der Waals surface area contributed by atoms with Gasteiger partial charge < -0.3 is 25.3 Å². The van der Waals surface area contributed by atoms with Gasteiger partial charge in [-0.3, -0.25) is 9.59 Å². The van der Waals surface area contributed by atoms with Crippen LogP contribution in [-0.4, -0.2) is 30.9 Å². The number of benzene rings is 1. The number of anilines is 1.